The molecule has 0 amide bonds. The molecule has 0 heterocycles. The van der Waals surface area contributed by atoms with Crippen LogP contribution in [0.1, 0.15) is 51.6 Å². The molecule has 0 atom stereocenters. The number of esters is 1. The number of carboxylic acid groups (broad SMARTS) is 1. The number of rotatable bonds is 9. The van der Waals surface area contributed by atoms with Crippen molar-refractivity contribution in [2.75, 3.05) is 19.7 Å². The molecular weight excluding hydrogens is 356 g/mol. The summed E-state index contributed by atoms with van der Waals surface area (Å²) in [7, 11) is 0. The van der Waals surface area contributed by atoms with Gasteiger partial charge in [-0.05, 0) is 81.1 Å². The van der Waals surface area contributed by atoms with Gasteiger partial charge < -0.3 is 21.3 Å². The molecule has 0 spiro atoms. The van der Waals surface area contributed by atoms with Gasteiger partial charge in [0.05, 0.1) is 17.7 Å². The first kappa shape index (κ1) is 23.3. The maximum Gasteiger partial charge on any atom is 0.338 e. The van der Waals surface area contributed by atoms with Crippen molar-refractivity contribution in [3.8, 4) is 0 Å². The molecular formula is C22H30N2O4. The van der Waals surface area contributed by atoms with Crippen LogP contribution < -0.4 is 11.5 Å². The SMILES string of the molecule is CCOC(=O)c1ccccc1.NCCCc1cc(CCCN)cc(C(=O)O)c1. The maximum atomic E-state index is 11.0. The fourth-order valence-electron chi connectivity index (χ4n) is 2.58. The predicted octanol–water partition coefficient (Wildman–Crippen LogP) is 3.03. The number of carbonyl (C=O) groups excluding carboxylic acids is 1. The number of ether oxygens (including phenoxy) is 1. The summed E-state index contributed by atoms with van der Waals surface area (Å²) in [6, 6.07) is 14.5. The minimum absolute atomic E-state index is 0.256. The lowest BCUT2D eigenvalue weighted by Crippen LogP contribution is -2.05. The van der Waals surface area contributed by atoms with E-state index in [4.69, 9.17) is 21.3 Å². The molecule has 0 fully saturated rings. The lowest BCUT2D eigenvalue weighted by atomic mass is 9.99. The summed E-state index contributed by atoms with van der Waals surface area (Å²) in [5.74, 6) is -1.14. The first-order valence-electron chi connectivity index (χ1n) is 9.50. The lowest BCUT2D eigenvalue weighted by molar-refractivity contribution is 0.0526. The molecule has 0 saturated heterocycles. The number of aryl methyl sites for hydroxylation is 2. The molecule has 5 N–H and O–H groups in total. The maximum absolute atomic E-state index is 11.0. The summed E-state index contributed by atoms with van der Waals surface area (Å²) in [5.41, 5.74) is 14.0. The summed E-state index contributed by atoms with van der Waals surface area (Å²) >= 11 is 0. The molecule has 0 radical (unpaired) electrons. The van der Waals surface area contributed by atoms with Crippen molar-refractivity contribution >= 4 is 11.9 Å². The van der Waals surface area contributed by atoms with Crippen molar-refractivity contribution < 1.29 is 19.4 Å². The molecule has 0 aromatic heterocycles. The Kier molecular flexibility index (Phi) is 11.2. The summed E-state index contributed by atoms with van der Waals surface area (Å²) in [6.45, 7) is 3.46. The van der Waals surface area contributed by atoms with Gasteiger partial charge in [0.1, 0.15) is 0 Å². The third kappa shape index (κ3) is 8.79. The fraction of sp³-hybridized carbons (Fsp3) is 0.364. The molecule has 0 bridgehead atoms. The van der Waals surface area contributed by atoms with Gasteiger partial charge in [-0.1, -0.05) is 24.3 Å². The Labute approximate surface area is 166 Å². The first-order valence-corrected chi connectivity index (χ1v) is 9.50. The van der Waals surface area contributed by atoms with E-state index in [1.54, 1.807) is 31.2 Å². The van der Waals surface area contributed by atoms with Crippen molar-refractivity contribution in [2.24, 2.45) is 11.5 Å². The van der Waals surface area contributed by atoms with E-state index < -0.39 is 5.97 Å². The zero-order chi connectivity index (χ0) is 20.8. The molecule has 28 heavy (non-hydrogen) atoms. The number of hydrogen-bond acceptors (Lipinski definition) is 5. The van der Waals surface area contributed by atoms with Gasteiger partial charge in [-0.15, -0.1) is 0 Å². The minimum Gasteiger partial charge on any atom is -0.478 e. The molecule has 0 saturated carbocycles. The number of carbonyl (C=O) groups is 2. The Hall–Kier alpha value is -2.70. The molecule has 0 unspecified atom stereocenters. The predicted molar refractivity (Wildman–Crippen MR) is 111 cm³/mol. The van der Waals surface area contributed by atoms with E-state index in [2.05, 4.69) is 6.07 Å². The second kappa shape index (κ2) is 13.5. The van der Waals surface area contributed by atoms with Crippen LogP contribution in [0.5, 0.6) is 0 Å². The van der Waals surface area contributed by atoms with Crippen LogP contribution in [0.2, 0.25) is 0 Å². The van der Waals surface area contributed by atoms with Crippen LogP contribution in [0.15, 0.2) is 48.5 Å². The van der Waals surface area contributed by atoms with Crippen molar-refractivity contribution in [1.29, 1.82) is 0 Å². The molecule has 2 aromatic carbocycles. The van der Waals surface area contributed by atoms with Gasteiger partial charge in [-0.25, -0.2) is 9.59 Å². The number of nitrogens with two attached hydrogens (primary N) is 2. The van der Waals surface area contributed by atoms with Gasteiger partial charge in [0.15, 0.2) is 0 Å². The number of carboxylic acids is 1. The van der Waals surface area contributed by atoms with E-state index >= 15 is 0 Å². The number of hydrogen-bond donors (Lipinski definition) is 3. The summed E-state index contributed by atoms with van der Waals surface area (Å²) in [5, 5.41) is 9.04. The third-order valence-corrected chi connectivity index (χ3v) is 3.92. The topological polar surface area (TPSA) is 116 Å². The quantitative estimate of drug-likeness (QED) is 0.571. The van der Waals surface area contributed by atoms with E-state index in [0.717, 1.165) is 36.8 Å². The average Bonchev–Trinajstić information content (AvgIpc) is 2.72. The summed E-state index contributed by atoms with van der Waals surface area (Å²) in [6.07, 6.45) is 3.40. The van der Waals surface area contributed by atoms with E-state index in [9.17, 15) is 9.59 Å². The molecule has 6 nitrogen and oxygen atoms in total. The molecule has 0 aliphatic rings. The van der Waals surface area contributed by atoms with E-state index in [1.807, 2.05) is 18.2 Å². The van der Waals surface area contributed by atoms with Gasteiger partial charge in [-0.3, -0.25) is 0 Å². The monoisotopic (exact) mass is 386 g/mol. The van der Waals surface area contributed by atoms with Crippen LogP contribution in [0.4, 0.5) is 0 Å². The van der Waals surface area contributed by atoms with Crippen LogP contribution >= 0.6 is 0 Å². The highest BCUT2D eigenvalue weighted by Crippen LogP contribution is 2.14. The van der Waals surface area contributed by atoms with Gasteiger partial charge >= 0.3 is 11.9 Å². The van der Waals surface area contributed by atoms with Gasteiger partial charge in [0.2, 0.25) is 0 Å². The standard InChI is InChI=1S/C13H20N2O2.C9H10O2/c14-5-1-3-10-7-11(4-2-6-15)9-12(8-10)13(16)17;1-2-11-9(10)8-6-4-3-5-7-8/h7-9H,1-6,14-15H2,(H,16,17);3-7H,2H2,1H3. The normalized spacial score (nSPS) is 9.96. The Morgan fingerprint density at radius 2 is 1.43 bits per heavy atom. The van der Waals surface area contributed by atoms with Crippen LogP contribution in [-0.2, 0) is 17.6 Å². The number of benzene rings is 2. The van der Waals surface area contributed by atoms with Crippen LogP contribution in [0.25, 0.3) is 0 Å². The van der Waals surface area contributed by atoms with E-state index in [-0.39, 0.29) is 5.97 Å². The van der Waals surface area contributed by atoms with Gasteiger partial charge in [0, 0.05) is 0 Å². The highest BCUT2D eigenvalue weighted by molar-refractivity contribution is 5.89. The highest BCUT2D eigenvalue weighted by atomic mass is 16.5. The molecule has 152 valence electrons. The summed E-state index contributed by atoms with van der Waals surface area (Å²) < 4.78 is 4.79. The molecule has 0 aliphatic carbocycles. The Balaban J connectivity index is 0.000000307. The second-order valence-corrected chi connectivity index (χ2v) is 6.21. The fourth-order valence-corrected chi connectivity index (χ4v) is 2.58. The first-order chi connectivity index (χ1) is 13.5. The Morgan fingerprint density at radius 3 is 1.86 bits per heavy atom. The Bertz CT molecular complexity index is 706. The van der Waals surface area contributed by atoms with Crippen molar-refractivity contribution in [3.05, 3.63) is 70.8 Å². The van der Waals surface area contributed by atoms with Crippen LogP contribution in [0, 0.1) is 0 Å². The van der Waals surface area contributed by atoms with Gasteiger partial charge in [-0.2, -0.15) is 0 Å². The zero-order valence-electron chi connectivity index (χ0n) is 16.4. The highest BCUT2D eigenvalue weighted by Gasteiger charge is 2.07. The number of aromatic carboxylic acids is 1. The van der Waals surface area contributed by atoms with Crippen LogP contribution in [0.3, 0.4) is 0 Å². The molecule has 2 aromatic rings. The third-order valence-electron chi connectivity index (χ3n) is 3.92. The average molecular weight is 386 g/mol. The molecule has 0 aliphatic heterocycles. The Morgan fingerprint density at radius 1 is 0.893 bits per heavy atom. The van der Waals surface area contributed by atoms with E-state index in [1.165, 1.54) is 0 Å². The smallest absolute Gasteiger partial charge is 0.338 e. The van der Waals surface area contributed by atoms with Crippen molar-refractivity contribution in [1.82, 2.24) is 0 Å². The van der Waals surface area contributed by atoms with E-state index in [0.29, 0.717) is 30.8 Å². The zero-order valence-corrected chi connectivity index (χ0v) is 16.4. The minimum atomic E-state index is -0.881. The lowest BCUT2D eigenvalue weighted by Gasteiger charge is -2.07. The van der Waals surface area contributed by atoms with Crippen molar-refractivity contribution in [2.45, 2.75) is 32.6 Å². The van der Waals surface area contributed by atoms with Crippen LogP contribution in [-0.4, -0.2) is 36.7 Å². The van der Waals surface area contributed by atoms with Crippen molar-refractivity contribution in [3.63, 3.8) is 0 Å². The summed E-state index contributed by atoms with van der Waals surface area (Å²) in [4.78, 5) is 22.0. The second-order valence-electron chi connectivity index (χ2n) is 6.21. The molecule has 2 rings (SSSR count). The van der Waals surface area contributed by atoms with Gasteiger partial charge in [0.25, 0.3) is 0 Å². The largest absolute Gasteiger partial charge is 0.478 e. The molecule has 6 heteroatoms.